The average Bonchev–Trinajstić information content (AvgIpc) is 2.45. The molecule has 100 valence electrons. The van der Waals surface area contributed by atoms with Crippen LogP contribution >= 0.6 is 23.2 Å². The third kappa shape index (κ3) is 3.73. The third-order valence-corrected chi connectivity index (χ3v) is 4.10. The summed E-state index contributed by atoms with van der Waals surface area (Å²) in [5, 5.41) is 4.57. The Morgan fingerprint density at radius 3 is 2.42 bits per heavy atom. The topological polar surface area (TPSA) is 12.0 Å². The Hall–Kier alpha value is -1.02. The molecule has 0 fully saturated rings. The van der Waals surface area contributed by atoms with Crippen molar-refractivity contribution in [3.63, 3.8) is 0 Å². The fraction of sp³-hybridized carbons (Fsp3) is 0.250. The van der Waals surface area contributed by atoms with Crippen molar-refractivity contribution in [2.45, 2.75) is 18.9 Å². The summed E-state index contributed by atoms with van der Waals surface area (Å²) in [5.74, 6) is 0. The minimum Gasteiger partial charge on any atom is -0.313 e. The maximum absolute atomic E-state index is 6.28. The Labute approximate surface area is 124 Å². The van der Waals surface area contributed by atoms with Crippen molar-refractivity contribution in [1.82, 2.24) is 5.32 Å². The maximum Gasteiger partial charge on any atom is 0.0640 e. The number of nitrogens with one attached hydrogen (secondary N) is 1. The van der Waals surface area contributed by atoms with Crippen molar-refractivity contribution in [2.24, 2.45) is 0 Å². The molecule has 0 radical (unpaired) electrons. The second-order valence-corrected chi connectivity index (χ2v) is 5.29. The van der Waals surface area contributed by atoms with Gasteiger partial charge in [0, 0.05) is 6.04 Å². The lowest BCUT2D eigenvalue weighted by molar-refractivity contribution is 0.549. The van der Waals surface area contributed by atoms with Gasteiger partial charge in [-0.25, -0.2) is 0 Å². The molecule has 0 aliphatic rings. The smallest absolute Gasteiger partial charge is 0.0640 e. The zero-order valence-corrected chi connectivity index (χ0v) is 12.4. The molecule has 0 heterocycles. The highest BCUT2D eigenvalue weighted by Crippen LogP contribution is 2.31. The van der Waals surface area contributed by atoms with Crippen molar-refractivity contribution in [1.29, 1.82) is 0 Å². The molecule has 2 aromatic carbocycles. The molecule has 1 unspecified atom stereocenters. The van der Waals surface area contributed by atoms with Gasteiger partial charge in [0.15, 0.2) is 0 Å². The Balaban J connectivity index is 2.10. The van der Waals surface area contributed by atoms with Crippen LogP contribution in [0.25, 0.3) is 0 Å². The maximum atomic E-state index is 6.28. The minimum absolute atomic E-state index is 0.214. The molecule has 0 aliphatic carbocycles. The summed E-state index contributed by atoms with van der Waals surface area (Å²) in [5.41, 5.74) is 2.40. The fourth-order valence-electron chi connectivity index (χ4n) is 2.20. The highest BCUT2D eigenvalue weighted by atomic mass is 35.5. The van der Waals surface area contributed by atoms with Crippen LogP contribution in [-0.2, 0) is 6.42 Å². The van der Waals surface area contributed by atoms with Crippen molar-refractivity contribution < 1.29 is 0 Å². The Morgan fingerprint density at radius 1 is 1.00 bits per heavy atom. The predicted molar refractivity (Wildman–Crippen MR) is 83.0 cm³/mol. The van der Waals surface area contributed by atoms with Gasteiger partial charge in [0.1, 0.15) is 0 Å². The largest absolute Gasteiger partial charge is 0.313 e. The molecule has 0 spiro atoms. The van der Waals surface area contributed by atoms with Crippen molar-refractivity contribution in [2.75, 3.05) is 7.05 Å². The van der Waals surface area contributed by atoms with Gasteiger partial charge < -0.3 is 5.32 Å². The summed E-state index contributed by atoms with van der Waals surface area (Å²) < 4.78 is 0. The highest BCUT2D eigenvalue weighted by Gasteiger charge is 2.14. The first-order valence-electron chi connectivity index (χ1n) is 6.37. The first kappa shape index (κ1) is 14.4. The zero-order valence-electron chi connectivity index (χ0n) is 10.9. The third-order valence-electron chi connectivity index (χ3n) is 3.27. The van der Waals surface area contributed by atoms with Gasteiger partial charge in [-0.05, 0) is 37.1 Å². The number of halogens is 2. The van der Waals surface area contributed by atoms with Crippen molar-refractivity contribution in [3.05, 3.63) is 69.7 Å². The zero-order chi connectivity index (χ0) is 13.7. The van der Waals surface area contributed by atoms with Crippen LogP contribution in [0.3, 0.4) is 0 Å². The molecule has 0 aromatic heterocycles. The van der Waals surface area contributed by atoms with E-state index in [4.69, 9.17) is 23.2 Å². The summed E-state index contributed by atoms with van der Waals surface area (Å²) in [6.45, 7) is 0. The highest BCUT2D eigenvalue weighted by molar-refractivity contribution is 6.42. The van der Waals surface area contributed by atoms with E-state index >= 15 is 0 Å². The molecule has 1 N–H and O–H groups in total. The lowest BCUT2D eigenvalue weighted by Crippen LogP contribution is -2.17. The minimum atomic E-state index is 0.214. The molecule has 3 heteroatoms. The number of hydrogen-bond donors (Lipinski definition) is 1. The van der Waals surface area contributed by atoms with Crippen LogP contribution < -0.4 is 5.32 Å². The van der Waals surface area contributed by atoms with Crippen LogP contribution in [0.4, 0.5) is 0 Å². The summed E-state index contributed by atoms with van der Waals surface area (Å²) in [6, 6.07) is 16.5. The van der Waals surface area contributed by atoms with Crippen molar-refractivity contribution in [3.8, 4) is 0 Å². The number of aryl methyl sites for hydroxylation is 1. The first-order chi connectivity index (χ1) is 9.22. The molecular weight excluding hydrogens is 277 g/mol. The summed E-state index contributed by atoms with van der Waals surface area (Å²) >= 11 is 12.3. The van der Waals surface area contributed by atoms with Crippen LogP contribution in [0.15, 0.2) is 48.5 Å². The van der Waals surface area contributed by atoms with Crippen molar-refractivity contribution >= 4 is 23.2 Å². The molecule has 0 saturated heterocycles. The monoisotopic (exact) mass is 293 g/mol. The first-order valence-corrected chi connectivity index (χ1v) is 7.13. The fourth-order valence-corrected chi connectivity index (χ4v) is 2.64. The van der Waals surface area contributed by atoms with E-state index in [0.717, 1.165) is 18.4 Å². The van der Waals surface area contributed by atoms with E-state index in [-0.39, 0.29) is 6.04 Å². The number of benzene rings is 2. The lowest BCUT2D eigenvalue weighted by Gasteiger charge is -2.18. The van der Waals surface area contributed by atoms with E-state index in [1.165, 1.54) is 5.56 Å². The van der Waals surface area contributed by atoms with Crippen LogP contribution in [0, 0.1) is 0 Å². The van der Waals surface area contributed by atoms with Gasteiger partial charge in [0.25, 0.3) is 0 Å². The quantitative estimate of drug-likeness (QED) is 0.828. The van der Waals surface area contributed by atoms with Gasteiger partial charge in [-0.3, -0.25) is 0 Å². The Kier molecular flexibility index (Phi) is 5.26. The van der Waals surface area contributed by atoms with E-state index in [9.17, 15) is 0 Å². The van der Waals surface area contributed by atoms with E-state index in [1.807, 2.05) is 31.3 Å². The Morgan fingerprint density at radius 2 is 1.74 bits per heavy atom. The second kappa shape index (κ2) is 6.95. The molecule has 0 bridgehead atoms. The normalized spacial score (nSPS) is 12.4. The van der Waals surface area contributed by atoms with Crippen LogP contribution in [0.5, 0.6) is 0 Å². The van der Waals surface area contributed by atoms with Crippen LogP contribution in [-0.4, -0.2) is 7.05 Å². The predicted octanol–water partition coefficient (Wildman–Crippen LogP) is 4.89. The molecule has 0 amide bonds. The summed E-state index contributed by atoms with van der Waals surface area (Å²) in [6.07, 6.45) is 2.00. The molecule has 1 nitrogen and oxygen atoms in total. The summed E-state index contributed by atoms with van der Waals surface area (Å²) in [7, 11) is 1.95. The average molecular weight is 294 g/mol. The van der Waals surface area contributed by atoms with Gasteiger partial charge in [0.05, 0.1) is 10.0 Å². The van der Waals surface area contributed by atoms with Crippen LogP contribution in [0.1, 0.15) is 23.6 Å². The van der Waals surface area contributed by atoms with E-state index in [0.29, 0.717) is 10.0 Å². The summed E-state index contributed by atoms with van der Waals surface area (Å²) in [4.78, 5) is 0. The van der Waals surface area contributed by atoms with Gasteiger partial charge in [-0.1, -0.05) is 65.7 Å². The van der Waals surface area contributed by atoms with E-state index in [2.05, 4.69) is 29.6 Å². The van der Waals surface area contributed by atoms with Gasteiger partial charge in [-0.2, -0.15) is 0 Å². The number of hydrogen-bond acceptors (Lipinski definition) is 1. The van der Waals surface area contributed by atoms with Crippen LogP contribution in [0.2, 0.25) is 10.0 Å². The standard InChI is InChI=1S/C16H17Cl2N/c1-19-15(11-10-12-6-3-2-4-7-12)13-8-5-9-14(17)16(13)18/h2-9,15,19H,10-11H2,1H3. The molecule has 2 aromatic rings. The lowest BCUT2D eigenvalue weighted by atomic mass is 9.99. The molecule has 19 heavy (non-hydrogen) atoms. The van der Waals surface area contributed by atoms with Gasteiger partial charge in [-0.15, -0.1) is 0 Å². The molecule has 1 atom stereocenters. The number of rotatable bonds is 5. The molecular formula is C16H17Cl2N. The SMILES string of the molecule is CNC(CCc1ccccc1)c1cccc(Cl)c1Cl. The van der Waals surface area contributed by atoms with Gasteiger partial charge in [0.2, 0.25) is 0 Å². The Bertz CT molecular complexity index is 526. The van der Waals surface area contributed by atoms with E-state index in [1.54, 1.807) is 0 Å². The van der Waals surface area contributed by atoms with E-state index < -0.39 is 0 Å². The van der Waals surface area contributed by atoms with Gasteiger partial charge >= 0.3 is 0 Å². The molecule has 0 aliphatic heterocycles. The second-order valence-electron chi connectivity index (χ2n) is 4.51. The molecule has 0 saturated carbocycles. The molecule has 2 rings (SSSR count).